The lowest BCUT2D eigenvalue weighted by Gasteiger charge is -2.33. The highest BCUT2D eigenvalue weighted by atomic mass is 16.1. The van der Waals surface area contributed by atoms with Crippen molar-refractivity contribution in [2.24, 2.45) is 5.73 Å². The van der Waals surface area contributed by atoms with Crippen LogP contribution in [0.5, 0.6) is 0 Å². The smallest absolute Gasteiger partial charge is 0.231 e. The Labute approximate surface area is 119 Å². The van der Waals surface area contributed by atoms with Crippen LogP contribution in [-0.4, -0.2) is 46.5 Å². The van der Waals surface area contributed by atoms with Gasteiger partial charge in [-0.05, 0) is 26.7 Å². The number of piperidine rings is 1. The molecule has 2 rings (SSSR count). The molecule has 0 radical (unpaired) electrons. The van der Waals surface area contributed by atoms with Crippen molar-refractivity contribution in [3.05, 3.63) is 23.8 Å². The Morgan fingerprint density at radius 3 is 2.70 bits per heavy atom. The summed E-state index contributed by atoms with van der Waals surface area (Å²) in [5.41, 5.74) is 7.20. The van der Waals surface area contributed by atoms with E-state index in [-0.39, 0.29) is 11.9 Å². The van der Waals surface area contributed by atoms with Crippen molar-refractivity contribution in [1.29, 1.82) is 0 Å². The normalized spacial score (nSPS) is 18.9. The van der Waals surface area contributed by atoms with Gasteiger partial charge in [0.2, 0.25) is 5.91 Å². The molecule has 6 heteroatoms. The fourth-order valence-electron chi connectivity index (χ4n) is 2.75. The molecule has 1 amide bonds. The third-order valence-electron chi connectivity index (χ3n) is 3.78. The molecular weight excluding hydrogens is 254 g/mol. The minimum absolute atomic E-state index is 0.191. The first-order valence-electron chi connectivity index (χ1n) is 7.10. The number of hydrogen-bond acceptors (Lipinski definition) is 5. The number of hydrogen-bond donors (Lipinski definition) is 2. The Morgan fingerprint density at radius 2 is 2.10 bits per heavy atom. The van der Waals surface area contributed by atoms with Crippen LogP contribution in [0.3, 0.4) is 0 Å². The summed E-state index contributed by atoms with van der Waals surface area (Å²) in [7, 11) is 0. The van der Waals surface area contributed by atoms with Crippen molar-refractivity contribution in [3.63, 3.8) is 0 Å². The van der Waals surface area contributed by atoms with Crippen LogP contribution in [0.2, 0.25) is 0 Å². The average molecular weight is 277 g/mol. The molecule has 1 atom stereocenters. The number of likely N-dealkylation sites (tertiary alicyclic amines) is 1. The van der Waals surface area contributed by atoms with Gasteiger partial charge in [0.25, 0.3) is 0 Å². The SMILES string of the molecule is Cc1nccnc1C(C)NC1CCN(CC(N)=O)CC1. The van der Waals surface area contributed by atoms with Crippen LogP contribution in [0.1, 0.15) is 37.2 Å². The Balaban J connectivity index is 1.83. The molecule has 1 unspecified atom stereocenters. The standard InChI is InChI=1S/C14H23N5O/c1-10-14(17-6-5-16-10)11(2)18-12-3-7-19(8-4-12)9-13(15)20/h5-6,11-12,18H,3-4,7-9H2,1-2H3,(H2,15,20). The molecular formula is C14H23N5O. The zero-order valence-corrected chi connectivity index (χ0v) is 12.2. The van der Waals surface area contributed by atoms with Gasteiger partial charge in [0.05, 0.1) is 17.9 Å². The lowest BCUT2D eigenvalue weighted by atomic mass is 10.0. The predicted octanol–water partition coefficient (Wildman–Crippen LogP) is 0.385. The van der Waals surface area contributed by atoms with Crippen LogP contribution < -0.4 is 11.1 Å². The molecule has 0 bridgehead atoms. The highest BCUT2D eigenvalue weighted by molar-refractivity contribution is 5.75. The highest BCUT2D eigenvalue weighted by Crippen LogP contribution is 2.17. The third-order valence-corrected chi connectivity index (χ3v) is 3.78. The minimum atomic E-state index is -0.250. The molecule has 20 heavy (non-hydrogen) atoms. The number of nitrogens with one attached hydrogen (secondary N) is 1. The van der Waals surface area contributed by atoms with E-state index in [2.05, 4.69) is 27.1 Å². The third kappa shape index (κ3) is 3.98. The van der Waals surface area contributed by atoms with Gasteiger partial charge in [0.15, 0.2) is 0 Å². The summed E-state index contributed by atoms with van der Waals surface area (Å²) in [6, 6.07) is 0.645. The number of primary amides is 1. The number of nitrogens with zero attached hydrogens (tertiary/aromatic N) is 3. The first kappa shape index (κ1) is 14.9. The van der Waals surface area contributed by atoms with Crippen molar-refractivity contribution in [1.82, 2.24) is 20.2 Å². The molecule has 1 aliphatic rings. The lowest BCUT2D eigenvalue weighted by Crippen LogP contribution is -2.45. The van der Waals surface area contributed by atoms with Gasteiger partial charge in [-0.3, -0.25) is 19.7 Å². The van der Waals surface area contributed by atoms with Crippen molar-refractivity contribution < 1.29 is 4.79 Å². The van der Waals surface area contributed by atoms with Crippen molar-refractivity contribution in [2.45, 2.75) is 38.8 Å². The summed E-state index contributed by atoms with van der Waals surface area (Å²) in [5, 5.41) is 3.60. The molecule has 3 N–H and O–H groups in total. The number of aromatic nitrogens is 2. The molecule has 1 aliphatic heterocycles. The average Bonchev–Trinajstić information content (AvgIpc) is 2.41. The van der Waals surface area contributed by atoms with Crippen LogP contribution in [0.15, 0.2) is 12.4 Å². The van der Waals surface area contributed by atoms with Crippen LogP contribution >= 0.6 is 0 Å². The van der Waals surface area contributed by atoms with E-state index < -0.39 is 0 Å². The second kappa shape index (κ2) is 6.76. The van der Waals surface area contributed by atoms with Crippen LogP contribution in [0, 0.1) is 6.92 Å². The van der Waals surface area contributed by atoms with Gasteiger partial charge in [-0.1, -0.05) is 0 Å². The number of aryl methyl sites for hydroxylation is 1. The van der Waals surface area contributed by atoms with E-state index in [9.17, 15) is 4.79 Å². The maximum absolute atomic E-state index is 10.9. The maximum atomic E-state index is 10.9. The van der Waals surface area contributed by atoms with Gasteiger partial charge in [-0.25, -0.2) is 0 Å². The molecule has 1 aromatic heterocycles. The van der Waals surface area contributed by atoms with E-state index in [1.807, 2.05) is 6.92 Å². The molecule has 0 aromatic carbocycles. The predicted molar refractivity (Wildman–Crippen MR) is 77.0 cm³/mol. The monoisotopic (exact) mass is 277 g/mol. The molecule has 0 saturated carbocycles. The Hall–Kier alpha value is -1.53. The first-order valence-corrected chi connectivity index (χ1v) is 7.10. The van der Waals surface area contributed by atoms with Crippen LogP contribution in [0.25, 0.3) is 0 Å². The summed E-state index contributed by atoms with van der Waals surface area (Å²) < 4.78 is 0. The van der Waals surface area contributed by atoms with Crippen molar-refractivity contribution in [2.75, 3.05) is 19.6 Å². The lowest BCUT2D eigenvalue weighted by molar-refractivity contribution is -0.119. The molecule has 1 saturated heterocycles. The van der Waals surface area contributed by atoms with E-state index in [1.54, 1.807) is 12.4 Å². The van der Waals surface area contributed by atoms with E-state index in [4.69, 9.17) is 5.73 Å². The second-order valence-corrected chi connectivity index (χ2v) is 5.43. The van der Waals surface area contributed by atoms with E-state index in [1.165, 1.54) is 0 Å². The van der Waals surface area contributed by atoms with Gasteiger partial charge in [0.1, 0.15) is 0 Å². The van der Waals surface area contributed by atoms with Gasteiger partial charge in [-0.15, -0.1) is 0 Å². The molecule has 6 nitrogen and oxygen atoms in total. The number of amides is 1. The quantitative estimate of drug-likeness (QED) is 0.813. The summed E-state index contributed by atoms with van der Waals surface area (Å²) in [5.74, 6) is -0.250. The van der Waals surface area contributed by atoms with Gasteiger partial charge >= 0.3 is 0 Å². The maximum Gasteiger partial charge on any atom is 0.231 e. The summed E-state index contributed by atoms with van der Waals surface area (Å²) in [6.45, 7) is 6.29. The molecule has 0 spiro atoms. The minimum Gasteiger partial charge on any atom is -0.369 e. The van der Waals surface area contributed by atoms with Crippen LogP contribution in [-0.2, 0) is 4.79 Å². The zero-order valence-electron chi connectivity index (χ0n) is 12.2. The molecule has 1 fully saturated rings. The topological polar surface area (TPSA) is 84.1 Å². The van der Waals surface area contributed by atoms with Gasteiger partial charge < -0.3 is 11.1 Å². The van der Waals surface area contributed by atoms with Gasteiger partial charge in [-0.2, -0.15) is 0 Å². The molecule has 2 heterocycles. The summed E-state index contributed by atoms with van der Waals surface area (Å²) >= 11 is 0. The Kier molecular flexibility index (Phi) is 5.03. The largest absolute Gasteiger partial charge is 0.369 e. The van der Waals surface area contributed by atoms with Crippen LogP contribution in [0.4, 0.5) is 0 Å². The number of carbonyl (C=O) groups excluding carboxylic acids is 1. The van der Waals surface area contributed by atoms with E-state index in [0.717, 1.165) is 37.3 Å². The van der Waals surface area contributed by atoms with Crippen molar-refractivity contribution in [3.8, 4) is 0 Å². The first-order chi connectivity index (χ1) is 9.56. The highest BCUT2D eigenvalue weighted by Gasteiger charge is 2.22. The second-order valence-electron chi connectivity index (χ2n) is 5.43. The number of rotatable bonds is 5. The fraction of sp³-hybridized carbons (Fsp3) is 0.643. The summed E-state index contributed by atoms with van der Waals surface area (Å²) in [6.07, 6.45) is 5.50. The van der Waals surface area contributed by atoms with Gasteiger partial charge in [0, 0.05) is 37.6 Å². The Morgan fingerprint density at radius 1 is 1.45 bits per heavy atom. The molecule has 1 aromatic rings. The fourth-order valence-corrected chi connectivity index (χ4v) is 2.75. The van der Waals surface area contributed by atoms with E-state index >= 15 is 0 Å². The number of carbonyl (C=O) groups is 1. The number of nitrogens with two attached hydrogens (primary N) is 1. The molecule has 0 aliphatic carbocycles. The summed E-state index contributed by atoms with van der Waals surface area (Å²) in [4.78, 5) is 21.7. The van der Waals surface area contributed by atoms with Crippen molar-refractivity contribution >= 4 is 5.91 Å². The van der Waals surface area contributed by atoms with E-state index in [0.29, 0.717) is 12.6 Å². The Bertz CT molecular complexity index is 457. The molecule has 110 valence electrons. The zero-order chi connectivity index (χ0) is 14.5.